The molecule has 21 heavy (non-hydrogen) atoms. The van der Waals surface area contributed by atoms with E-state index in [-0.39, 0.29) is 0 Å². The van der Waals surface area contributed by atoms with Gasteiger partial charge in [-0.1, -0.05) is 19.1 Å². The highest BCUT2D eigenvalue weighted by atomic mass is 15.1. The molecule has 0 radical (unpaired) electrons. The number of hydrogen-bond donors (Lipinski definition) is 2. The SMILES string of the molecule is CCCNc1cccc(Nc2ccc(C)c(N(C)C)c2)n1. The Labute approximate surface area is 127 Å². The maximum atomic E-state index is 4.57. The topological polar surface area (TPSA) is 40.2 Å². The number of nitrogens with one attached hydrogen (secondary N) is 2. The summed E-state index contributed by atoms with van der Waals surface area (Å²) in [6.45, 7) is 5.20. The van der Waals surface area contributed by atoms with Crippen LogP contribution in [-0.4, -0.2) is 25.6 Å². The first-order chi connectivity index (χ1) is 10.1. The molecule has 1 aromatic heterocycles. The fraction of sp³-hybridized carbons (Fsp3) is 0.353. The Morgan fingerprint density at radius 1 is 1.10 bits per heavy atom. The molecule has 0 amide bonds. The number of nitrogens with zero attached hydrogens (tertiary/aromatic N) is 2. The zero-order valence-electron chi connectivity index (χ0n) is 13.3. The van der Waals surface area contributed by atoms with E-state index in [1.54, 1.807) is 0 Å². The molecule has 0 saturated heterocycles. The van der Waals surface area contributed by atoms with E-state index in [1.165, 1.54) is 11.3 Å². The molecule has 1 aromatic carbocycles. The molecule has 1 heterocycles. The summed E-state index contributed by atoms with van der Waals surface area (Å²) < 4.78 is 0. The fourth-order valence-electron chi connectivity index (χ4n) is 2.17. The summed E-state index contributed by atoms with van der Waals surface area (Å²) in [4.78, 5) is 6.68. The first-order valence-electron chi connectivity index (χ1n) is 7.36. The molecule has 0 aliphatic rings. The monoisotopic (exact) mass is 284 g/mol. The molecule has 2 rings (SSSR count). The molecular weight excluding hydrogens is 260 g/mol. The van der Waals surface area contributed by atoms with Crippen LogP contribution in [0, 0.1) is 6.92 Å². The van der Waals surface area contributed by atoms with E-state index in [0.717, 1.165) is 30.3 Å². The Morgan fingerprint density at radius 2 is 1.86 bits per heavy atom. The van der Waals surface area contributed by atoms with Crippen molar-refractivity contribution in [3.8, 4) is 0 Å². The van der Waals surface area contributed by atoms with Crippen molar-refractivity contribution in [1.29, 1.82) is 0 Å². The Kier molecular flexibility index (Phi) is 5.04. The summed E-state index contributed by atoms with van der Waals surface area (Å²) >= 11 is 0. The van der Waals surface area contributed by atoms with Crippen molar-refractivity contribution in [3.63, 3.8) is 0 Å². The Hall–Kier alpha value is -2.23. The van der Waals surface area contributed by atoms with Crippen LogP contribution in [0.25, 0.3) is 0 Å². The molecule has 0 aliphatic heterocycles. The number of aromatic nitrogens is 1. The maximum absolute atomic E-state index is 4.57. The molecule has 112 valence electrons. The van der Waals surface area contributed by atoms with E-state index in [2.05, 4.69) is 66.7 Å². The summed E-state index contributed by atoms with van der Waals surface area (Å²) in [7, 11) is 4.11. The standard InChI is InChI=1S/C17H24N4/c1-5-11-18-16-7-6-8-17(20-16)19-14-10-9-13(2)15(12-14)21(3)4/h6-10,12H,5,11H2,1-4H3,(H2,18,19,20). The van der Waals surface area contributed by atoms with Gasteiger partial charge < -0.3 is 15.5 Å². The van der Waals surface area contributed by atoms with Crippen LogP contribution in [0.5, 0.6) is 0 Å². The average molecular weight is 284 g/mol. The van der Waals surface area contributed by atoms with Crippen molar-refractivity contribution in [1.82, 2.24) is 4.98 Å². The van der Waals surface area contributed by atoms with Crippen LogP contribution >= 0.6 is 0 Å². The molecule has 0 unspecified atom stereocenters. The predicted octanol–water partition coefficient (Wildman–Crippen LogP) is 4.02. The predicted molar refractivity (Wildman–Crippen MR) is 91.8 cm³/mol. The van der Waals surface area contributed by atoms with Gasteiger partial charge in [-0.3, -0.25) is 0 Å². The van der Waals surface area contributed by atoms with Gasteiger partial charge in [0.1, 0.15) is 11.6 Å². The van der Waals surface area contributed by atoms with Gasteiger partial charge in [0, 0.05) is 32.0 Å². The minimum Gasteiger partial charge on any atom is -0.377 e. The maximum Gasteiger partial charge on any atom is 0.132 e. The minimum absolute atomic E-state index is 0.852. The highest BCUT2D eigenvalue weighted by molar-refractivity contribution is 5.66. The van der Waals surface area contributed by atoms with Gasteiger partial charge in [0.2, 0.25) is 0 Å². The average Bonchev–Trinajstić information content (AvgIpc) is 2.47. The third-order valence-corrected chi connectivity index (χ3v) is 3.27. The Bertz CT molecular complexity index is 593. The van der Waals surface area contributed by atoms with Gasteiger partial charge in [-0.2, -0.15) is 0 Å². The van der Waals surface area contributed by atoms with Gasteiger partial charge >= 0.3 is 0 Å². The Morgan fingerprint density at radius 3 is 2.57 bits per heavy atom. The van der Waals surface area contributed by atoms with E-state index in [1.807, 2.05) is 18.2 Å². The first kappa shape index (κ1) is 15.2. The molecular formula is C17H24N4. The summed E-state index contributed by atoms with van der Waals surface area (Å²) in [5, 5.41) is 6.67. The number of benzene rings is 1. The summed E-state index contributed by atoms with van der Waals surface area (Å²) in [6, 6.07) is 12.3. The molecule has 2 aromatic rings. The lowest BCUT2D eigenvalue weighted by Gasteiger charge is -2.17. The molecule has 0 aliphatic carbocycles. The van der Waals surface area contributed by atoms with Crippen LogP contribution in [0.2, 0.25) is 0 Å². The van der Waals surface area contributed by atoms with Gasteiger partial charge in [-0.15, -0.1) is 0 Å². The molecule has 2 N–H and O–H groups in total. The van der Waals surface area contributed by atoms with Crippen molar-refractivity contribution in [3.05, 3.63) is 42.0 Å². The largest absolute Gasteiger partial charge is 0.377 e. The van der Waals surface area contributed by atoms with Crippen LogP contribution in [0.3, 0.4) is 0 Å². The third-order valence-electron chi connectivity index (χ3n) is 3.27. The van der Waals surface area contributed by atoms with Crippen molar-refractivity contribution < 1.29 is 0 Å². The van der Waals surface area contributed by atoms with Gasteiger partial charge in [0.05, 0.1) is 0 Å². The summed E-state index contributed by atoms with van der Waals surface area (Å²) in [5.41, 5.74) is 3.52. The van der Waals surface area contributed by atoms with E-state index in [0.29, 0.717) is 0 Å². The van der Waals surface area contributed by atoms with Crippen LogP contribution in [0.15, 0.2) is 36.4 Å². The molecule has 4 nitrogen and oxygen atoms in total. The van der Waals surface area contributed by atoms with Gasteiger partial charge in [-0.25, -0.2) is 4.98 Å². The lowest BCUT2D eigenvalue weighted by Crippen LogP contribution is -2.10. The van der Waals surface area contributed by atoms with Gasteiger partial charge in [0.15, 0.2) is 0 Å². The van der Waals surface area contributed by atoms with Crippen LogP contribution in [0.4, 0.5) is 23.0 Å². The number of rotatable bonds is 6. The van der Waals surface area contributed by atoms with E-state index in [9.17, 15) is 0 Å². The van der Waals surface area contributed by atoms with Crippen LogP contribution < -0.4 is 15.5 Å². The lowest BCUT2D eigenvalue weighted by atomic mass is 10.1. The molecule has 0 atom stereocenters. The fourth-order valence-corrected chi connectivity index (χ4v) is 2.17. The molecule has 0 saturated carbocycles. The molecule has 0 spiro atoms. The summed E-state index contributed by atoms with van der Waals surface area (Å²) in [6.07, 6.45) is 1.09. The van der Waals surface area contributed by atoms with E-state index in [4.69, 9.17) is 0 Å². The first-order valence-corrected chi connectivity index (χ1v) is 7.36. The molecule has 0 fully saturated rings. The second-order valence-corrected chi connectivity index (χ2v) is 5.36. The molecule has 0 bridgehead atoms. The number of hydrogen-bond acceptors (Lipinski definition) is 4. The zero-order chi connectivity index (χ0) is 15.2. The second-order valence-electron chi connectivity index (χ2n) is 5.36. The lowest BCUT2D eigenvalue weighted by molar-refractivity contribution is 0.970. The summed E-state index contributed by atoms with van der Waals surface area (Å²) in [5.74, 6) is 1.76. The van der Waals surface area contributed by atoms with Crippen molar-refractivity contribution in [2.75, 3.05) is 36.2 Å². The van der Waals surface area contributed by atoms with Gasteiger partial charge in [-0.05, 0) is 43.2 Å². The number of pyridine rings is 1. The van der Waals surface area contributed by atoms with Crippen LogP contribution in [0.1, 0.15) is 18.9 Å². The van der Waals surface area contributed by atoms with Crippen molar-refractivity contribution >= 4 is 23.0 Å². The molecule has 4 heteroatoms. The highest BCUT2D eigenvalue weighted by Crippen LogP contribution is 2.24. The second kappa shape index (κ2) is 6.97. The normalized spacial score (nSPS) is 10.3. The number of anilines is 4. The van der Waals surface area contributed by atoms with E-state index < -0.39 is 0 Å². The van der Waals surface area contributed by atoms with Crippen LogP contribution in [-0.2, 0) is 0 Å². The Balaban J connectivity index is 2.16. The highest BCUT2D eigenvalue weighted by Gasteiger charge is 2.04. The number of aryl methyl sites for hydroxylation is 1. The van der Waals surface area contributed by atoms with Crippen molar-refractivity contribution in [2.45, 2.75) is 20.3 Å². The van der Waals surface area contributed by atoms with Crippen molar-refractivity contribution in [2.24, 2.45) is 0 Å². The third kappa shape index (κ3) is 4.12. The zero-order valence-corrected chi connectivity index (χ0v) is 13.3. The van der Waals surface area contributed by atoms with E-state index >= 15 is 0 Å². The minimum atomic E-state index is 0.852. The van der Waals surface area contributed by atoms with Gasteiger partial charge in [0.25, 0.3) is 0 Å². The smallest absolute Gasteiger partial charge is 0.132 e. The quantitative estimate of drug-likeness (QED) is 0.840.